The topological polar surface area (TPSA) is 62.1 Å². The maximum absolute atomic E-state index is 11.8. The number of nitrogens with one attached hydrogen (secondary N) is 1. The van der Waals surface area contributed by atoms with Gasteiger partial charge < -0.3 is 10.1 Å². The predicted octanol–water partition coefficient (Wildman–Crippen LogP) is 3.23. The second kappa shape index (κ2) is 8.40. The molecule has 0 aliphatic heterocycles. The van der Waals surface area contributed by atoms with Gasteiger partial charge in [0.15, 0.2) is 6.61 Å². The minimum atomic E-state index is -0.143. The van der Waals surface area contributed by atoms with Gasteiger partial charge in [-0.2, -0.15) is 5.26 Å². The van der Waals surface area contributed by atoms with Crippen LogP contribution in [0.15, 0.2) is 54.6 Å². The molecule has 0 unspecified atom stereocenters. The fraction of sp³-hybridized carbons (Fsp3) is 0.158. The van der Waals surface area contributed by atoms with E-state index in [0.717, 1.165) is 11.1 Å². The molecule has 0 saturated carbocycles. The lowest BCUT2D eigenvalue weighted by Crippen LogP contribution is -2.20. The lowest BCUT2D eigenvalue weighted by atomic mass is 10.1. The van der Waals surface area contributed by atoms with Gasteiger partial charge in [0.05, 0.1) is 0 Å². The van der Waals surface area contributed by atoms with Gasteiger partial charge in [-0.25, -0.2) is 0 Å². The molecule has 1 amide bonds. The number of nitriles is 1. The van der Waals surface area contributed by atoms with Gasteiger partial charge >= 0.3 is 0 Å². The second-order valence-electron chi connectivity index (χ2n) is 5.05. The molecule has 23 heavy (non-hydrogen) atoms. The van der Waals surface area contributed by atoms with E-state index >= 15 is 0 Å². The molecule has 0 radical (unpaired) electrons. The van der Waals surface area contributed by atoms with Crippen LogP contribution in [0.3, 0.4) is 0 Å². The Labute approximate surface area is 136 Å². The molecule has 0 heterocycles. The van der Waals surface area contributed by atoms with Gasteiger partial charge in [-0.05, 0) is 36.3 Å². The van der Waals surface area contributed by atoms with Gasteiger partial charge in [0.25, 0.3) is 0 Å². The zero-order valence-electron chi connectivity index (χ0n) is 13.0. The molecule has 0 aliphatic rings. The molecule has 0 fully saturated rings. The summed E-state index contributed by atoms with van der Waals surface area (Å²) in [7, 11) is 0. The highest BCUT2D eigenvalue weighted by molar-refractivity contribution is 5.91. The zero-order valence-corrected chi connectivity index (χ0v) is 13.0. The summed E-state index contributed by atoms with van der Waals surface area (Å²) in [4.78, 5) is 11.8. The van der Waals surface area contributed by atoms with Gasteiger partial charge in [0.1, 0.15) is 11.8 Å². The first-order chi connectivity index (χ1) is 11.2. The van der Waals surface area contributed by atoms with Crippen molar-refractivity contribution in [2.75, 3.05) is 6.61 Å². The Kier molecular flexibility index (Phi) is 5.96. The summed E-state index contributed by atoms with van der Waals surface area (Å²) < 4.78 is 5.17. The Morgan fingerprint density at radius 3 is 2.52 bits per heavy atom. The number of benzene rings is 2. The quantitative estimate of drug-likeness (QED) is 0.833. The molecule has 0 spiro atoms. The van der Waals surface area contributed by atoms with E-state index in [1.807, 2.05) is 49.4 Å². The van der Waals surface area contributed by atoms with E-state index in [9.17, 15) is 4.79 Å². The number of hydrogen-bond acceptors (Lipinski definition) is 3. The highest BCUT2D eigenvalue weighted by Crippen LogP contribution is 2.13. The van der Waals surface area contributed by atoms with Crippen molar-refractivity contribution in [2.45, 2.75) is 13.5 Å². The molecule has 0 aromatic heterocycles. The monoisotopic (exact) mass is 306 g/mol. The van der Waals surface area contributed by atoms with Crippen LogP contribution in [0.4, 0.5) is 0 Å². The molecule has 2 aromatic rings. The molecule has 4 nitrogen and oxygen atoms in total. The van der Waals surface area contributed by atoms with Crippen LogP contribution in [0, 0.1) is 18.3 Å². The highest BCUT2D eigenvalue weighted by Gasteiger charge is 1.97. The van der Waals surface area contributed by atoms with Crippen molar-refractivity contribution >= 4 is 12.0 Å². The standard InChI is InChI=1S/C19H18N2O2/c1-15-2-4-17(5-3-15)14-21-19(22)11-8-16-6-9-18(10-7-16)23-13-12-20/h2-11H,13-14H2,1H3,(H,21,22)/b11-8+. The molecule has 4 heteroatoms. The van der Waals surface area contributed by atoms with Crippen LogP contribution in [0.25, 0.3) is 6.08 Å². The van der Waals surface area contributed by atoms with E-state index in [-0.39, 0.29) is 12.5 Å². The first kappa shape index (κ1) is 16.3. The molecular weight excluding hydrogens is 288 g/mol. The fourth-order valence-electron chi connectivity index (χ4n) is 1.92. The molecule has 0 saturated heterocycles. The second-order valence-corrected chi connectivity index (χ2v) is 5.05. The van der Waals surface area contributed by atoms with Crippen LogP contribution in [-0.2, 0) is 11.3 Å². The summed E-state index contributed by atoms with van der Waals surface area (Å²) in [6.45, 7) is 2.56. The molecule has 1 N–H and O–H groups in total. The van der Waals surface area contributed by atoms with Crippen LogP contribution < -0.4 is 10.1 Å². The first-order valence-electron chi connectivity index (χ1n) is 7.28. The van der Waals surface area contributed by atoms with E-state index in [0.29, 0.717) is 12.3 Å². The van der Waals surface area contributed by atoms with Crippen molar-refractivity contribution < 1.29 is 9.53 Å². The molecule has 2 rings (SSSR count). The van der Waals surface area contributed by atoms with Crippen molar-refractivity contribution in [1.82, 2.24) is 5.32 Å². The maximum Gasteiger partial charge on any atom is 0.244 e. The maximum atomic E-state index is 11.8. The van der Waals surface area contributed by atoms with Gasteiger partial charge in [-0.3, -0.25) is 4.79 Å². The largest absolute Gasteiger partial charge is 0.479 e. The third kappa shape index (κ3) is 5.68. The molecule has 116 valence electrons. The average molecular weight is 306 g/mol. The third-order valence-electron chi connectivity index (χ3n) is 3.20. The number of rotatable bonds is 6. The SMILES string of the molecule is Cc1ccc(CNC(=O)/C=C/c2ccc(OCC#N)cc2)cc1. The van der Waals surface area contributed by atoms with Crippen LogP contribution in [0.1, 0.15) is 16.7 Å². The van der Waals surface area contributed by atoms with Crippen molar-refractivity contribution in [3.05, 3.63) is 71.3 Å². The first-order valence-corrected chi connectivity index (χ1v) is 7.28. The Hall–Kier alpha value is -3.06. The lowest BCUT2D eigenvalue weighted by Gasteiger charge is -2.03. The van der Waals surface area contributed by atoms with Gasteiger partial charge in [-0.1, -0.05) is 42.0 Å². The molecular formula is C19H18N2O2. The number of ether oxygens (including phenoxy) is 1. The van der Waals surface area contributed by atoms with Crippen molar-refractivity contribution in [3.63, 3.8) is 0 Å². The minimum Gasteiger partial charge on any atom is -0.479 e. The zero-order chi connectivity index (χ0) is 16.5. The highest BCUT2D eigenvalue weighted by atomic mass is 16.5. The van der Waals surface area contributed by atoms with Gasteiger partial charge in [0, 0.05) is 12.6 Å². The smallest absolute Gasteiger partial charge is 0.244 e. The van der Waals surface area contributed by atoms with Crippen LogP contribution in [0.2, 0.25) is 0 Å². The molecule has 2 aromatic carbocycles. The third-order valence-corrected chi connectivity index (χ3v) is 3.20. The number of carbonyl (C=O) groups is 1. The summed E-state index contributed by atoms with van der Waals surface area (Å²) >= 11 is 0. The van der Waals surface area contributed by atoms with E-state index in [2.05, 4.69) is 5.32 Å². The number of hydrogen-bond donors (Lipinski definition) is 1. The minimum absolute atomic E-state index is 0.0244. The van der Waals surface area contributed by atoms with Gasteiger partial charge in [-0.15, -0.1) is 0 Å². The van der Waals surface area contributed by atoms with Crippen LogP contribution in [0.5, 0.6) is 5.75 Å². The molecule has 0 aliphatic carbocycles. The van der Waals surface area contributed by atoms with Gasteiger partial charge in [0.2, 0.25) is 5.91 Å². The van der Waals surface area contributed by atoms with Crippen LogP contribution >= 0.6 is 0 Å². The Balaban J connectivity index is 1.83. The number of amides is 1. The van der Waals surface area contributed by atoms with Crippen LogP contribution in [-0.4, -0.2) is 12.5 Å². The number of aryl methyl sites for hydroxylation is 1. The van der Waals surface area contributed by atoms with E-state index in [4.69, 9.17) is 10.00 Å². The Morgan fingerprint density at radius 2 is 1.87 bits per heavy atom. The van der Waals surface area contributed by atoms with Crippen molar-refractivity contribution in [2.24, 2.45) is 0 Å². The fourth-order valence-corrected chi connectivity index (χ4v) is 1.92. The Bertz CT molecular complexity index is 711. The van der Waals surface area contributed by atoms with E-state index < -0.39 is 0 Å². The summed E-state index contributed by atoms with van der Waals surface area (Å²) in [5.74, 6) is 0.489. The number of nitrogens with zero attached hydrogens (tertiary/aromatic N) is 1. The lowest BCUT2D eigenvalue weighted by molar-refractivity contribution is -0.116. The summed E-state index contributed by atoms with van der Waals surface area (Å²) in [6, 6.07) is 17.1. The summed E-state index contributed by atoms with van der Waals surface area (Å²) in [6.07, 6.45) is 3.23. The number of carbonyl (C=O) groups excluding carboxylic acids is 1. The average Bonchev–Trinajstić information content (AvgIpc) is 2.58. The Morgan fingerprint density at radius 1 is 1.17 bits per heavy atom. The summed E-state index contributed by atoms with van der Waals surface area (Å²) in [5.41, 5.74) is 3.15. The molecule has 0 bridgehead atoms. The predicted molar refractivity (Wildman–Crippen MR) is 89.6 cm³/mol. The van der Waals surface area contributed by atoms with Crippen molar-refractivity contribution in [3.8, 4) is 11.8 Å². The normalized spacial score (nSPS) is 10.3. The van der Waals surface area contributed by atoms with E-state index in [1.165, 1.54) is 11.6 Å². The van der Waals surface area contributed by atoms with Crippen molar-refractivity contribution in [1.29, 1.82) is 5.26 Å². The van der Waals surface area contributed by atoms with E-state index in [1.54, 1.807) is 18.2 Å². The molecule has 0 atom stereocenters. The summed E-state index contributed by atoms with van der Waals surface area (Å²) in [5, 5.41) is 11.3.